The highest BCUT2D eigenvalue weighted by Crippen LogP contribution is 2.53. The van der Waals surface area contributed by atoms with Gasteiger partial charge in [-0.2, -0.15) is 4.98 Å². The average Bonchev–Trinajstić information content (AvgIpc) is 3.16. The highest BCUT2D eigenvalue weighted by Gasteiger charge is 2.49. The van der Waals surface area contributed by atoms with E-state index in [0.717, 1.165) is 24.9 Å². The molecule has 24 heavy (non-hydrogen) atoms. The molecule has 1 aliphatic carbocycles. The van der Waals surface area contributed by atoms with Gasteiger partial charge in [-0.05, 0) is 42.2 Å². The van der Waals surface area contributed by atoms with E-state index in [0.29, 0.717) is 0 Å². The summed E-state index contributed by atoms with van der Waals surface area (Å²) in [4.78, 5) is 15.7. The van der Waals surface area contributed by atoms with Crippen molar-refractivity contribution >= 4 is 21.9 Å². The van der Waals surface area contributed by atoms with Gasteiger partial charge < -0.3 is 4.90 Å². The molecule has 1 spiro atoms. The first-order valence-corrected chi connectivity index (χ1v) is 8.88. The number of aromatic nitrogens is 4. The molecular formula is C18H16BrN5. The minimum atomic E-state index is 0.283. The largest absolute Gasteiger partial charge is 0.336 e. The van der Waals surface area contributed by atoms with Crippen molar-refractivity contribution in [2.45, 2.75) is 24.8 Å². The number of fused-ring (bicyclic) bond motifs is 2. The maximum Gasteiger partial charge on any atom is 0.227 e. The predicted octanol–water partition coefficient (Wildman–Crippen LogP) is 3.48. The Labute approximate surface area is 148 Å². The number of hydrogen-bond acceptors (Lipinski definition) is 4. The number of hydrogen-bond donors (Lipinski definition) is 0. The van der Waals surface area contributed by atoms with Crippen LogP contribution in [0.15, 0.2) is 53.7 Å². The van der Waals surface area contributed by atoms with Gasteiger partial charge in [-0.25, -0.2) is 9.97 Å². The fourth-order valence-corrected chi connectivity index (χ4v) is 4.00. The first-order valence-electron chi connectivity index (χ1n) is 8.09. The molecule has 1 saturated carbocycles. The monoisotopic (exact) mass is 381 g/mol. The second-order valence-electron chi connectivity index (χ2n) is 6.62. The standard InChI is InChI=1S/C18H16BrN5/c19-14-2-1-13-10-24(11-18(4-5-18)15(13)9-14)17-21-6-3-16(22-17)23-8-7-20-12-23/h1-3,6-9,12H,4-5,10-11H2. The zero-order valence-electron chi connectivity index (χ0n) is 13.1. The van der Waals surface area contributed by atoms with E-state index in [1.165, 1.54) is 28.4 Å². The Bertz CT molecular complexity index is 902. The third-order valence-electron chi connectivity index (χ3n) is 5.03. The smallest absolute Gasteiger partial charge is 0.227 e. The molecule has 5 nitrogen and oxygen atoms in total. The normalized spacial score (nSPS) is 17.8. The lowest BCUT2D eigenvalue weighted by Crippen LogP contribution is -2.39. The molecule has 0 amide bonds. The number of nitrogens with zero attached hydrogens (tertiary/aromatic N) is 5. The quantitative estimate of drug-likeness (QED) is 0.681. The average molecular weight is 382 g/mol. The van der Waals surface area contributed by atoms with Gasteiger partial charge in [-0.1, -0.05) is 22.0 Å². The van der Waals surface area contributed by atoms with Gasteiger partial charge >= 0.3 is 0 Å². The van der Waals surface area contributed by atoms with E-state index in [-0.39, 0.29) is 5.41 Å². The first kappa shape index (κ1) is 14.2. The van der Waals surface area contributed by atoms with Crippen LogP contribution in [0.1, 0.15) is 24.0 Å². The van der Waals surface area contributed by atoms with Gasteiger partial charge in [-0.3, -0.25) is 4.57 Å². The number of anilines is 1. The second kappa shape index (κ2) is 5.14. The Balaban J connectivity index is 1.53. The Kier molecular flexibility index (Phi) is 3.03. The Morgan fingerprint density at radius 2 is 2.04 bits per heavy atom. The number of imidazole rings is 1. The van der Waals surface area contributed by atoms with Crippen LogP contribution in [0.4, 0.5) is 5.95 Å². The number of rotatable bonds is 2. The van der Waals surface area contributed by atoms with Gasteiger partial charge in [0, 0.05) is 41.6 Å². The van der Waals surface area contributed by atoms with Crippen LogP contribution in [0.3, 0.4) is 0 Å². The van der Waals surface area contributed by atoms with E-state index in [9.17, 15) is 0 Å². The fraction of sp³-hybridized carbons (Fsp3) is 0.278. The summed E-state index contributed by atoms with van der Waals surface area (Å²) in [5.41, 5.74) is 3.17. The van der Waals surface area contributed by atoms with Gasteiger partial charge in [0.25, 0.3) is 0 Å². The minimum Gasteiger partial charge on any atom is -0.336 e. The van der Waals surface area contributed by atoms with E-state index in [2.05, 4.69) is 49.0 Å². The summed E-state index contributed by atoms with van der Waals surface area (Å²) in [7, 11) is 0. The van der Waals surface area contributed by atoms with E-state index in [1.54, 1.807) is 12.5 Å². The second-order valence-corrected chi connectivity index (χ2v) is 7.54. The molecule has 0 radical (unpaired) electrons. The molecule has 0 saturated heterocycles. The van der Waals surface area contributed by atoms with Crippen molar-refractivity contribution in [3.63, 3.8) is 0 Å². The van der Waals surface area contributed by atoms with Crippen molar-refractivity contribution in [1.29, 1.82) is 0 Å². The number of benzene rings is 1. The van der Waals surface area contributed by atoms with Gasteiger partial charge in [0.05, 0.1) is 0 Å². The van der Waals surface area contributed by atoms with Gasteiger partial charge in [0.15, 0.2) is 0 Å². The maximum absolute atomic E-state index is 4.75. The summed E-state index contributed by atoms with van der Waals surface area (Å²) in [5, 5.41) is 0. The van der Waals surface area contributed by atoms with Crippen LogP contribution in [-0.2, 0) is 12.0 Å². The maximum atomic E-state index is 4.75. The van der Waals surface area contributed by atoms with E-state index in [4.69, 9.17) is 4.98 Å². The molecule has 0 bridgehead atoms. The van der Waals surface area contributed by atoms with Crippen LogP contribution in [0.2, 0.25) is 0 Å². The molecule has 0 unspecified atom stereocenters. The molecule has 2 aliphatic rings. The highest BCUT2D eigenvalue weighted by molar-refractivity contribution is 9.10. The van der Waals surface area contributed by atoms with E-state index >= 15 is 0 Å². The van der Waals surface area contributed by atoms with Crippen LogP contribution >= 0.6 is 15.9 Å². The van der Waals surface area contributed by atoms with Crippen LogP contribution in [-0.4, -0.2) is 26.1 Å². The zero-order valence-corrected chi connectivity index (χ0v) is 14.6. The fourth-order valence-electron chi connectivity index (χ4n) is 3.64. The highest BCUT2D eigenvalue weighted by atomic mass is 79.9. The van der Waals surface area contributed by atoms with Crippen LogP contribution in [0.25, 0.3) is 5.82 Å². The van der Waals surface area contributed by atoms with Crippen molar-refractivity contribution in [1.82, 2.24) is 19.5 Å². The molecule has 3 aromatic rings. The third kappa shape index (κ3) is 2.24. The summed E-state index contributed by atoms with van der Waals surface area (Å²) < 4.78 is 3.08. The number of halogens is 1. The lowest BCUT2D eigenvalue weighted by Gasteiger charge is -2.35. The molecule has 5 rings (SSSR count). The topological polar surface area (TPSA) is 46.8 Å². The zero-order chi connectivity index (χ0) is 16.1. The molecular weight excluding hydrogens is 366 g/mol. The SMILES string of the molecule is Brc1ccc2c(c1)C1(CC1)CN(c1nccc(-n3ccnc3)n1)C2. The third-order valence-corrected chi connectivity index (χ3v) is 5.52. The summed E-state index contributed by atoms with van der Waals surface area (Å²) in [5.74, 6) is 1.64. The molecule has 3 heterocycles. The molecule has 1 aliphatic heterocycles. The summed E-state index contributed by atoms with van der Waals surface area (Å²) >= 11 is 3.61. The predicted molar refractivity (Wildman–Crippen MR) is 95.3 cm³/mol. The van der Waals surface area contributed by atoms with Gasteiger partial charge in [0.1, 0.15) is 12.1 Å². The minimum absolute atomic E-state index is 0.283. The van der Waals surface area contributed by atoms with Crippen molar-refractivity contribution in [2.75, 3.05) is 11.4 Å². The molecule has 2 aromatic heterocycles. The van der Waals surface area contributed by atoms with Crippen LogP contribution in [0, 0.1) is 0 Å². The first-order chi connectivity index (χ1) is 11.7. The Morgan fingerprint density at radius 3 is 2.83 bits per heavy atom. The van der Waals surface area contributed by atoms with Gasteiger partial charge in [0.2, 0.25) is 5.95 Å². The van der Waals surface area contributed by atoms with Gasteiger partial charge in [-0.15, -0.1) is 0 Å². The summed E-state index contributed by atoms with van der Waals surface area (Å²) in [6.45, 7) is 1.85. The van der Waals surface area contributed by atoms with Crippen LogP contribution < -0.4 is 4.90 Å². The summed E-state index contributed by atoms with van der Waals surface area (Å²) in [6.07, 6.45) is 9.74. The van der Waals surface area contributed by atoms with Crippen molar-refractivity contribution in [3.05, 3.63) is 64.8 Å². The van der Waals surface area contributed by atoms with E-state index in [1.807, 2.05) is 23.0 Å². The molecule has 0 atom stereocenters. The van der Waals surface area contributed by atoms with Crippen molar-refractivity contribution < 1.29 is 0 Å². The van der Waals surface area contributed by atoms with E-state index < -0.39 is 0 Å². The molecule has 1 aromatic carbocycles. The molecule has 6 heteroatoms. The van der Waals surface area contributed by atoms with Crippen LogP contribution in [0.5, 0.6) is 0 Å². The van der Waals surface area contributed by atoms with Crippen molar-refractivity contribution in [3.8, 4) is 5.82 Å². The van der Waals surface area contributed by atoms with Crippen molar-refractivity contribution in [2.24, 2.45) is 0 Å². The molecule has 1 fully saturated rings. The molecule has 0 N–H and O–H groups in total. The summed E-state index contributed by atoms with van der Waals surface area (Å²) in [6, 6.07) is 8.56. The Hall–Kier alpha value is -2.21. The lowest BCUT2D eigenvalue weighted by atomic mass is 9.87. The molecule has 120 valence electrons. The Morgan fingerprint density at radius 1 is 1.12 bits per heavy atom. The lowest BCUT2D eigenvalue weighted by molar-refractivity contribution is 0.581.